The molecule has 0 spiro atoms. The number of piperazine rings is 1. The Labute approximate surface area is 160 Å². The molecule has 0 unspecified atom stereocenters. The molecule has 2 amide bonds. The Balaban J connectivity index is 1.91. The molecule has 2 saturated heterocycles. The van der Waals surface area contributed by atoms with Crippen LogP contribution in [0.1, 0.15) is 18.0 Å². The Hall–Kier alpha value is -2.12. The van der Waals surface area contributed by atoms with Crippen LogP contribution in [0.5, 0.6) is 5.75 Å². The summed E-state index contributed by atoms with van der Waals surface area (Å²) in [5.74, 6) is 0.368. The summed E-state index contributed by atoms with van der Waals surface area (Å²) in [6.45, 7) is 4.03. The maximum atomic E-state index is 13.3. The van der Waals surface area contributed by atoms with E-state index in [1.54, 1.807) is 19.1 Å². The van der Waals surface area contributed by atoms with Crippen LogP contribution < -0.4 is 4.74 Å². The number of carbonyl (C=O) groups is 2. The molecular weight excluding hydrogens is 346 g/mol. The number of hydrogen-bond donors (Lipinski definition) is 0. The highest BCUT2D eigenvalue weighted by Crippen LogP contribution is 2.42. The minimum absolute atomic E-state index is 0.00423. The molecule has 1 aromatic rings. The summed E-state index contributed by atoms with van der Waals surface area (Å²) in [4.78, 5) is 32.0. The van der Waals surface area contributed by atoms with Crippen molar-refractivity contribution >= 4 is 11.8 Å². The Kier molecular flexibility index (Phi) is 6.34. The number of nitrogens with zero attached hydrogens (tertiary/aromatic N) is 3. The fourth-order valence-corrected chi connectivity index (χ4v) is 4.02. The lowest BCUT2D eigenvalue weighted by Crippen LogP contribution is -2.49. The van der Waals surface area contributed by atoms with Crippen molar-refractivity contribution in [1.82, 2.24) is 14.7 Å². The highest BCUT2D eigenvalue weighted by molar-refractivity contribution is 5.90. The first kappa shape index (κ1) is 19.6. The normalized spacial score (nSPS) is 23.7. The molecule has 0 aliphatic carbocycles. The number of likely N-dealkylation sites (tertiary alicyclic amines) is 1. The fourth-order valence-electron chi connectivity index (χ4n) is 4.02. The molecule has 2 atom stereocenters. The third-order valence-electron chi connectivity index (χ3n) is 5.56. The van der Waals surface area contributed by atoms with Crippen LogP contribution in [0.15, 0.2) is 24.3 Å². The molecule has 3 rings (SSSR count). The Morgan fingerprint density at radius 3 is 2.52 bits per heavy atom. The fraction of sp³-hybridized carbons (Fsp3) is 0.600. The summed E-state index contributed by atoms with van der Waals surface area (Å²) in [6.07, 6.45) is 0.234. The van der Waals surface area contributed by atoms with Gasteiger partial charge in [0.2, 0.25) is 11.8 Å². The summed E-state index contributed by atoms with van der Waals surface area (Å²) < 4.78 is 10.7. The van der Waals surface area contributed by atoms with E-state index in [0.29, 0.717) is 32.0 Å². The second kappa shape index (κ2) is 8.71. The van der Waals surface area contributed by atoms with Gasteiger partial charge in [0.25, 0.3) is 0 Å². The van der Waals surface area contributed by atoms with E-state index in [1.807, 2.05) is 29.2 Å². The molecule has 27 heavy (non-hydrogen) atoms. The van der Waals surface area contributed by atoms with Crippen LogP contribution in [-0.4, -0.2) is 87.1 Å². The van der Waals surface area contributed by atoms with Gasteiger partial charge in [-0.25, -0.2) is 0 Å². The molecule has 1 aromatic carbocycles. The van der Waals surface area contributed by atoms with Gasteiger partial charge < -0.3 is 24.2 Å². The lowest BCUT2D eigenvalue weighted by molar-refractivity contribution is -0.138. The van der Waals surface area contributed by atoms with Crippen LogP contribution in [0.3, 0.4) is 0 Å². The van der Waals surface area contributed by atoms with Gasteiger partial charge >= 0.3 is 0 Å². The van der Waals surface area contributed by atoms with Crippen LogP contribution in [0, 0.1) is 5.92 Å². The summed E-state index contributed by atoms with van der Waals surface area (Å²) in [5, 5.41) is 0. The van der Waals surface area contributed by atoms with Crippen molar-refractivity contribution in [3.8, 4) is 5.75 Å². The molecule has 148 valence electrons. The van der Waals surface area contributed by atoms with Crippen molar-refractivity contribution in [3.05, 3.63) is 29.8 Å². The third kappa shape index (κ3) is 4.09. The number of amides is 2. The summed E-state index contributed by atoms with van der Waals surface area (Å²) in [6, 6.07) is 7.33. The first-order valence-electron chi connectivity index (χ1n) is 9.45. The molecule has 2 heterocycles. The number of benzene rings is 1. The largest absolute Gasteiger partial charge is 0.496 e. The number of methoxy groups -OCH3 is 2. The van der Waals surface area contributed by atoms with Crippen molar-refractivity contribution in [2.24, 2.45) is 5.92 Å². The van der Waals surface area contributed by atoms with Crippen molar-refractivity contribution in [2.75, 3.05) is 60.6 Å². The quantitative estimate of drug-likeness (QED) is 0.743. The Bertz CT molecular complexity index is 673. The number of para-hydroxylation sites is 1. The predicted octanol–water partition coefficient (Wildman–Crippen LogP) is 1.01. The van der Waals surface area contributed by atoms with E-state index in [9.17, 15) is 9.59 Å². The molecule has 2 aliphatic heterocycles. The standard InChI is InChI=1S/C20H29N3O4/c1-21-8-10-22(11-9-21)20(25)16-14-18(24)23(12-13-26-2)19(16)15-6-4-5-7-17(15)27-3/h4-7,16,19H,8-14H2,1-3H3/t16-,19+/m1/s1. The van der Waals surface area contributed by atoms with Gasteiger partial charge in [0.15, 0.2) is 0 Å². The van der Waals surface area contributed by atoms with Crippen molar-refractivity contribution in [3.63, 3.8) is 0 Å². The number of likely N-dealkylation sites (N-methyl/N-ethyl adjacent to an activating group) is 1. The van der Waals surface area contributed by atoms with Crippen LogP contribution in [0.4, 0.5) is 0 Å². The van der Waals surface area contributed by atoms with Gasteiger partial charge in [0.1, 0.15) is 5.75 Å². The highest BCUT2D eigenvalue weighted by atomic mass is 16.5. The van der Waals surface area contributed by atoms with Crippen LogP contribution >= 0.6 is 0 Å². The number of carbonyl (C=O) groups excluding carboxylic acids is 2. The molecule has 0 bridgehead atoms. The van der Waals surface area contributed by atoms with Gasteiger partial charge in [-0.1, -0.05) is 18.2 Å². The van der Waals surface area contributed by atoms with Gasteiger partial charge in [0, 0.05) is 51.8 Å². The van der Waals surface area contributed by atoms with Crippen molar-refractivity contribution < 1.29 is 19.1 Å². The molecule has 0 aromatic heterocycles. The van der Waals surface area contributed by atoms with Crippen molar-refractivity contribution in [2.45, 2.75) is 12.5 Å². The van der Waals surface area contributed by atoms with E-state index in [2.05, 4.69) is 11.9 Å². The molecule has 2 aliphatic rings. The van der Waals surface area contributed by atoms with E-state index >= 15 is 0 Å². The van der Waals surface area contributed by atoms with E-state index in [0.717, 1.165) is 18.7 Å². The zero-order valence-electron chi connectivity index (χ0n) is 16.4. The molecule has 0 N–H and O–H groups in total. The molecule has 2 fully saturated rings. The second-order valence-electron chi connectivity index (χ2n) is 7.21. The molecule has 0 radical (unpaired) electrons. The summed E-state index contributed by atoms with van der Waals surface area (Å²) in [5.41, 5.74) is 0.884. The zero-order valence-corrected chi connectivity index (χ0v) is 16.4. The average molecular weight is 375 g/mol. The van der Waals surface area contributed by atoms with Gasteiger partial charge in [-0.2, -0.15) is 0 Å². The lowest BCUT2D eigenvalue weighted by atomic mass is 9.91. The van der Waals surface area contributed by atoms with Gasteiger partial charge in [-0.3, -0.25) is 9.59 Å². The molecule has 7 heteroatoms. The number of ether oxygens (including phenoxy) is 2. The summed E-state index contributed by atoms with van der Waals surface area (Å²) >= 11 is 0. The number of rotatable bonds is 6. The third-order valence-corrected chi connectivity index (χ3v) is 5.56. The molecular formula is C20H29N3O4. The second-order valence-corrected chi connectivity index (χ2v) is 7.21. The SMILES string of the molecule is COCCN1C(=O)C[C@@H](C(=O)N2CCN(C)CC2)[C@@H]1c1ccccc1OC. The average Bonchev–Trinajstić information content (AvgIpc) is 3.02. The monoisotopic (exact) mass is 375 g/mol. The van der Waals surface area contributed by atoms with E-state index < -0.39 is 5.92 Å². The van der Waals surface area contributed by atoms with Gasteiger partial charge in [-0.05, 0) is 13.1 Å². The molecule has 7 nitrogen and oxygen atoms in total. The van der Waals surface area contributed by atoms with Crippen LogP contribution in [0.2, 0.25) is 0 Å². The first-order chi connectivity index (χ1) is 13.1. The zero-order chi connectivity index (χ0) is 19.4. The lowest BCUT2D eigenvalue weighted by Gasteiger charge is -2.36. The summed E-state index contributed by atoms with van der Waals surface area (Å²) in [7, 11) is 5.29. The highest BCUT2D eigenvalue weighted by Gasteiger charge is 2.46. The smallest absolute Gasteiger partial charge is 0.228 e. The Morgan fingerprint density at radius 2 is 1.85 bits per heavy atom. The predicted molar refractivity (Wildman–Crippen MR) is 102 cm³/mol. The first-order valence-corrected chi connectivity index (χ1v) is 9.45. The van der Waals surface area contributed by atoms with E-state index in [4.69, 9.17) is 9.47 Å². The van der Waals surface area contributed by atoms with Crippen molar-refractivity contribution in [1.29, 1.82) is 0 Å². The topological polar surface area (TPSA) is 62.3 Å². The van der Waals surface area contributed by atoms with Gasteiger partial charge in [-0.15, -0.1) is 0 Å². The minimum Gasteiger partial charge on any atom is -0.496 e. The van der Waals surface area contributed by atoms with E-state index in [-0.39, 0.29) is 24.3 Å². The minimum atomic E-state index is -0.394. The number of hydrogen-bond acceptors (Lipinski definition) is 5. The Morgan fingerprint density at radius 1 is 1.15 bits per heavy atom. The van der Waals surface area contributed by atoms with Crippen LogP contribution in [0.25, 0.3) is 0 Å². The maximum absolute atomic E-state index is 13.3. The van der Waals surface area contributed by atoms with Gasteiger partial charge in [0.05, 0.1) is 25.7 Å². The maximum Gasteiger partial charge on any atom is 0.228 e. The van der Waals surface area contributed by atoms with Crippen LogP contribution in [-0.2, 0) is 14.3 Å². The molecule has 0 saturated carbocycles. The van der Waals surface area contributed by atoms with E-state index in [1.165, 1.54) is 0 Å².